The fraction of sp³-hybridized carbons (Fsp3) is 0.200. The summed E-state index contributed by atoms with van der Waals surface area (Å²) in [5.74, 6) is -1.05. The zero-order valence-corrected chi connectivity index (χ0v) is 9.55. The number of rotatable bonds is 3. The Morgan fingerprint density at radius 2 is 2.26 bits per heavy atom. The number of halogens is 3. The Hall–Kier alpha value is -2.54. The number of methoxy groups -OCH3 is 1. The van der Waals surface area contributed by atoms with Crippen molar-refractivity contribution in [2.45, 2.75) is 6.18 Å². The molecule has 1 aromatic heterocycles. The molecule has 0 aliphatic heterocycles. The van der Waals surface area contributed by atoms with Crippen LogP contribution in [-0.2, 0) is 15.7 Å². The number of nitrogens with zero attached hydrogens (tertiary/aromatic N) is 4. The molecular formula is C10H7F3N4O2. The molecular weight excluding hydrogens is 265 g/mol. The summed E-state index contributed by atoms with van der Waals surface area (Å²) in [4.78, 5) is 16.7. The summed E-state index contributed by atoms with van der Waals surface area (Å²) in [6.45, 7) is 0. The van der Waals surface area contributed by atoms with E-state index in [1.165, 1.54) is 6.07 Å². The number of aromatic nitrogens is 1. The van der Waals surface area contributed by atoms with Crippen LogP contribution in [0, 0.1) is 0 Å². The van der Waals surface area contributed by atoms with Gasteiger partial charge in [-0.05, 0) is 17.7 Å². The van der Waals surface area contributed by atoms with E-state index in [9.17, 15) is 18.0 Å². The van der Waals surface area contributed by atoms with E-state index in [-0.39, 0.29) is 0 Å². The molecule has 0 aromatic carbocycles. The van der Waals surface area contributed by atoms with E-state index in [4.69, 9.17) is 5.53 Å². The van der Waals surface area contributed by atoms with E-state index in [1.807, 2.05) is 0 Å². The van der Waals surface area contributed by atoms with Gasteiger partial charge in [-0.1, -0.05) is 11.2 Å². The lowest BCUT2D eigenvalue weighted by molar-refractivity contribution is -0.141. The van der Waals surface area contributed by atoms with Gasteiger partial charge in [0.05, 0.1) is 7.11 Å². The third-order valence-electron chi connectivity index (χ3n) is 1.95. The van der Waals surface area contributed by atoms with E-state index >= 15 is 0 Å². The number of pyridine rings is 1. The van der Waals surface area contributed by atoms with Gasteiger partial charge in [0, 0.05) is 16.7 Å². The maximum Gasteiger partial charge on any atom is 0.433 e. The first-order chi connectivity index (χ1) is 8.90. The summed E-state index contributed by atoms with van der Waals surface area (Å²) in [5.41, 5.74) is 6.08. The molecule has 0 aliphatic rings. The van der Waals surface area contributed by atoms with Crippen molar-refractivity contribution in [2.75, 3.05) is 7.11 Å². The second-order valence-corrected chi connectivity index (χ2v) is 3.15. The minimum absolute atomic E-state index is 0.400. The molecule has 1 aromatic rings. The molecule has 0 saturated carbocycles. The van der Waals surface area contributed by atoms with Crippen LogP contribution in [0.5, 0.6) is 0 Å². The van der Waals surface area contributed by atoms with Gasteiger partial charge in [-0.15, -0.1) is 0 Å². The Bertz CT molecular complexity index is 562. The molecule has 0 saturated heterocycles. The van der Waals surface area contributed by atoms with Crippen LogP contribution < -0.4 is 0 Å². The van der Waals surface area contributed by atoms with Gasteiger partial charge in [-0.25, -0.2) is 4.79 Å². The summed E-state index contributed by atoms with van der Waals surface area (Å²) in [6.07, 6.45) is -2.96. The van der Waals surface area contributed by atoms with Crippen molar-refractivity contribution in [3.05, 3.63) is 45.7 Å². The van der Waals surface area contributed by atoms with E-state index in [1.54, 1.807) is 0 Å². The smallest absolute Gasteiger partial charge is 0.433 e. The van der Waals surface area contributed by atoms with Gasteiger partial charge in [-0.2, -0.15) is 13.2 Å². The Balaban J connectivity index is 3.37. The lowest BCUT2D eigenvalue weighted by atomic mass is 10.1. The summed E-state index contributed by atoms with van der Waals surface area (Å²) >= 11 is 0. The summed E-state index contributed by atoms with van der Waals surface area (Å²) in [5, 5.41) is 2.99. The largest absolute Gasteiger partial charge is 0.466 e. The number of alkyl halides is 3. The van der Waals surface area contributed by atoms with Crippen LogP contribution in [0.2, 0.25) is 0 Å². The Morgan fingerprint density at radius 3 is 2.79 bits per heavy atom. The summed E-state index contributed by atoms with van der Waals surface area (Å²) < 4.78 is 42.3. The fourth-order valence-corrected chi connectivity index (χ4v) is 1.20. The lowest BCUT2D eigenvalue weighted by Gasteiger charge is -2.08. The topological polar surface area (TPSA) is 88.0 Å². The molecule has 0 spiro atoms. The van der Waals surface area contributed by atoms with E-state index < -0.39 is 29.1 Å². The molecule has 100 valence electrons. The fourth-order valence-electron chi connectivity index (χ4n) is 1.20. The number of hydrogen-bond donors (Lipinski definition) is 0. The summed E-state index contributed by atoms with van der Waals surface area (Å²) in [6, 6.07) is 2.34. The first-order valence-electron chi connectivity index (χ1n) is 4.77. The molecule has 0 aliphatic carbocycles. The van der Waals surface area contributed by atoms with Gasteiger partial charge in [0.25, 0.3) is 0 Å². The predicted octanol–water partition coefficient (Wildman–Crippen LogP) is 2.92. The zero-order valence-electron chi connectivity index (χ0n) is 9.55. The molecule has 1 heterocycles. The van der Waals surface area contributed by atoms with Crippen LogP contribution in [0.1, 0.15) is 11.3 Å². The van der Waals surface area contributed by atoms with Crippen molar-refractivity contribution in [3.63, 3.8) is 0 Å². The maximum absolute atomic E-state index is 12.7. The first-order valence-corrected chi connectivity index (χ1v) is 4.77. The van der Waals surface area contributed by atoms with Crippen LogP contribution in [-0.4, -0.2) is 18.1 Å². The molecule has 0 atom stereocenters. The molecule has 6 nitrogen and oxygen atoms in total. The number of ether oxygens (including phenoxy) is 1. The molecule has 0 unspecified atom stereocenters. The highest BCUT2D eigenvalue weighted by Gasteiger charge is 2.34. The van der Waals surface area contributed by atoms with Crippen molar-refractivity contribution in [1.29, 1.82) is 0 Å². The van der Waals surface area contributed by atoms with Gasteiger partial charge in [0.15, 0.2) is 5.69 Å². The summed E-state index contributed by atoms with van der Waals surface area (Å²) in [7, 11) is 1.01. The van der Waals surface area contributed by atoms with Crippen molar-refractivity contribution in [3.8, 4) is 0 Å². The SMILES string of the molecule is COC(=O)/C(=C/c1cccnc1C(F)(F)F)N=[N+]=[N-]. The standard InChI is InChI=1S/C10H7F3N4O2/c1-19-9(18)7(16-17-14)5-6-3-2-4-15-8(6)10(11,12)13/h2-5H,1H3/b7-5-. The van der Waals surface area contributed by atoms with Crippen LogP contribution >= 0.6 is 0 Å². The predicted molar refractivity (Wildman–Crippen MR) is 58.4 cm³/mol. The van der Waals surface area contributed by atoms with Crippen molar-refractivity contribution in [1.82, 2.24) is 4.98 Å². The third kappa shape index (κ3) is 3.71. The highest BCUT2D eigenvalue weighted by atomic mass is 19.4. The van der Waals surface area contributed by atoms with E-state index in [2.05, 4.69) is 19.7 Å². The Labute approximate surface area is 105 Å². The average molecular weight is 272 g/mol. The zero-order chi connectivity index (χ0) is 14.5. The van der Waals surface area contributed by atoms with Crippen LogP contribution in [0.3, 0.4) is 0 Å². The van der Waals surface area contributed by atoms with Crippen molar-refractivity contribution in [2.24, 2.45) is 5.11 Å². The minimum Gasteiger partial charge on any atom is -0.466 e. The van der Waals surface area contributed by atoms with Crippen molar-refractivity contribution >= 4 is 12.0 Å². The van der Waals surface area contributed by atoms with Gasteiger partial charge in [0.2, 0.25) is 0 Å². The number of carbonyl (C=O) groups excluding carboxylic acids is 1. The third-order valence-corrected chi connectivity index (χ3v) is 1.95. The van der Waals surface area contributed by atoms with E-state index in [0.29, 0.717) is 0 Å². The highest BCUT2D eigenvalue weighted by Crippen LogP contribution is 2.31. The van der Waals surface area contributed by atoms with Gasteiger partial charge in [-0.3, -0.25) is 4.98 Å². The van der Waals surface area contributed by atoms with Crippen LogP contribution in [0.25, 0.3) is 16.5 Å². The molecule has 0 fully saturated rings. The molecule has 9 heteroatoms. The molecule has 0 radical (unpaired) electrons. The number of esters is 1. The number of azide groups is 1. The molecule has 0 N–H and O–H groups in total. The van der Waals surface area contributed by atoms with Gasteiger partial charge >= 0.3 is 12.1 Å². The molecule has 19 heavy (non-hydrogen) atoms. The lowest BCUT2D eigenvalue weighted by Crippen LogP contribution is -2.10. The van der Waals surface area contributed by atoms with Gasteiger partial charge in [0.1, 0.15) is 5.70 Å². The van der Waals surface area contributed by atoms with Crippen molar-refractivity contribution < 1.29 is 22.7 Å². The Morgan fingerprint density at radius 1 is 1.58 bits per heavy atom. The second-order valence-electron chi connectivity index (χ2n) is 3.15. The minimum atomic E-state index is -4.69. The second kappa shape index (κ2) is 5.87. The molecule has 0 bridgehead atoms. The van der Waals surface area contributed by atoms with Gasteiger partial charge < -0.3 is 4.74 Å². The number of hydrogen-bond acceptors (Lipinski definition) is 4. The quantitative estimate of drug-likeness (QED) is 0.278. The highest BCUT2D eigenvalue weighted by molar-refractivity contribution is 5.93. The molecule has 0 amide bonds. The number of carbonyl (C=O) groups is 1. The first kappa shape index (κ1) is 14.5. The van der Waals surface area contributed by atoms with E-state index in [0.717, 1.165) is 25.4 Å². The normalized spacial score (nSPS) is 11.7. The molecule has 1 rings (SSSR count). The van der Waals surface area contributed by atoms with Crippen LogP contribution in [0.4, 0.5) is 13.2 Å². The van der Waals surface area contributed by atoms with Crippen LogP contribution in [0.15, 0.2) is 29.1 Å². The monoisotopic (exact) mass is 272 g/mol. The Kier molecular flexibility index (Phi) is 4.49. The maximum atomic E-state index is 12.7. The average Bonchev–Trinajstić information content (AvgIpc) is 2.36.